The minimum absolute atomic E-state index is 0.0675. The zero-order valence-corrected chi connectivity index (χ0v) is 13.8. The van der Waals surface area contributed by atoms with Gasteiger partial charge in [-0.05, 0) is 23.3 Å². The van der Waals surface area contributed by atoms with Crippen LogP contribution in [0.4, 0.5) is 4.79 Å². The minimum atomic E-state index is -0.522. The molecule has 1 aliphatic rings. The zero-order chi connectivity index (χ0) is 17.6. The van der Waals surface area contributed by atoms with Crippen molar-refractivity contribution in [1.29, 1.82) is 0 Å². The Labute approximate surface area is 145 Å². The first-order chi connectivity index (χ1) is 12.1. The van der Waals surface area contributed by atoms with E-state index < -0.39 is 24.2 Å². The second-order valence-corrected chi connectivity index (χ2v) is 5.72. The molecule has 0 spiro atoms. The van der Waals surface area contributed by atoms with E-state index in [0.29, 0.717) is 6.61 Å². The summed E-state index contributed by atoms with van der Waals surface area (Å²) in [5.74, 6) is 0.325. The number of rotatable bonds is 6. The molecule has 130 valence electrons. The van der Waals surface area contributed by atoms with Crippen molar-refractivity contribution in [2.75, 3.05) is 6.61 Å². The quantitative estimate of drug-likeness (QED) is 0.818. The predicted octanol–water partition coefficient (Wildman–Crippen LogP) is 2.98. The lowest BCUT2D eigenvalue weighted by molar-refractivity contribution is -0.141. The summed E-state index contributed by atoms with van der Waals surface area (Å²) in [6, 6.07) is 16.8. The summed E-state index contributed by atoms with van der Waals surface area (Å²) in [6.07, 6.45) is -1.03. The third-order valence-electron chi connectivity index (χ3n) is 3.83. The molecule has 0 radical (unpaired) electrons. The maximum atomic E-state index is 11.5. The monoisotopic (exact) mass is 341 g/mol. The average molecular weight is 341 g/mol. The third kappa shape index (κ3) is 4.50. The molecule has 0 aromatic heterocycles. The Morgan fingerprint density at radius 1 is 1.12 bits per heavy atom. The first kappa shape index (κ1) is 16.8. The first-order valence-corrected chi connectivity index (χ1v) is 7.99. The third-order valence-corrected chi connectivity index (χ3v) is 3.83. The van der Waals surface area contributed by atoms with Gasteiger partial charge in [0.2, 0.25) is 0 Å². The van der Waals surface area contributed by atoms with Gasteiger partial charge in [-0.1, -0.05) is 42.5 Å². The van der Waals surface area contributed by atoms with Gasteiger partial charge in [0.25, 0.3) is 0 Å². The fraction of sp³-hybridized carbons (Fsp3) is 0.263. The summed E-state index contributed by atoms with van der Waals surface area (Å²) in [5.41, 5.74) is 1.89. The van der Waals surface area contributed by atoms with Crippen LogP contribution in [-0.4, -0.2) is 24.7 Å². The smallest absolute Gasteiger partial charge is 0.408 e. The van der Waals surface area contributed by atoms with Gasteiger partial charge in [0.15, 0.2) is 6.10 Å². The van der Waals surface area contributed by atoms with Gasteiger partial charge in [0.05, 0.1) is 0 Å². The molecule has 1 heterocycles. The van der Waals surface area contributed by atoms with Gasteiger partial charge in [-0.25, -0.2) is 4.79 Å². The topological polar surface area (TPSA) is 73.9 Å². The van der Waals surface area contributed by atoms with Crippen molar-refractivity contribution < 1.29 is 23.8 Å². The molecule has 1 N–H and O–H groups in total. The Morgan fingerprint density at radius 2 is 1.84 bits per heavy atom. The second kappa shape index (κ2) is 7.70. The van der Waals surface area contributed by atoms with E-state index in [2.05, 4.69) is 5.32 Å². The predicted molar refractivity (Wildman–Crippen MR) is 90.0 cm³/mol. The highest BCUT2D eigenvalue weighted by atomic mass is 16.6. The largest absolute Gasteiger partial charge is 0.489 e. The van der Waals surface area contributed by atoms with Gasteiger partial charge in [-0.2, -0.15) is 0 Å². The molecule has 0 saturated carbocycles. The molecule has 1 aliphatic heterocycles. The van der Waals surface area contributed by atoms with Crippen LogP contribution < -0.4 is 10.1 Å². The van der Waals surface area contributed by atoms with Gasteiger partial charge in [-0.3, -0.25) is 4.79 Å². The zero-order valence-electron chi connectivity index (χ0n) is 13.8. The Kier molecular flexibility index (Phi) is 5.18. The van der Waals surface area contributed by atoms with Crippen LogP contribution in [0.25, 0.3) is 0 Å². The summed E-state index contributed by atoms with van der Waals surface area (Å²) in [7, 11) is 0. The number of hydrogen-bond acceptors (Lipinski definition) is 5. The molecule has 6 heteroatoms. The summed E-state index contributed by atoms with van der Waals surface area (Å²) >= 11 is 0. The van der Waals surface area contributed by atoms with Crippen LogP contribution in [-0.2, 0) is 20.9 Å². The summed E-state index contributed by atoms with van der Waals surface area (Å²) in [4.78, 5) is 22.5. The average Bonchev–Trinajstić information content (AvgIpc) is 3.00. The molecule has 2 atom stereocenters. The molecule has 25 heavy (non-hydrogen) atoms. The number of ether oxygens (including phenoxy) is 3. The van der Waals surface area contributed by atoms with Gasteiger partial charge >= 0.3 is 12.1 Å². The van der Waals surface area contributed by atoms with Crippen LogP contribution in [0.1, 0.15) is 24.2 Å². The number of nitrogens with one attached hydrogen (secondary N) is 1. The number of benzene rings is 2. The van der Waals surface area contributed by atoms with E-state index in [0.717, 1.165) is 16.9 Å². The van der Waals surface area contributed by atoms with Crippen molar-refractivity contribution in [2.45, 2.75) is 25.7 Å². The van der Waals surface area contributed by atoms with Crippen molar-refractivity contribution in [1.82, 2.24) is 5.32 Å². The summed E-state index contributed by atoms with van der Waals surface area (Å²) in [5, 5.41) is 2.65. The van der Waals surface area contributed by atoms with Gasteiger partial charge in [0, 0.05) is 6.92 Å². The molecule has 2 aromatic rings. The highest BCUT2D eigenvalue weighted by molar-refractivity contribution is 5.71. The standard InChI is InChI=1S/C19H19NO5/c1-13(21)23-12-17-18(25-19(22)20-17)15-7-9-16(10-8-15)24-11-14-5-3-2-4-6-14/h2-10,17-18H,11-12H2,1H3,(H,20,22)/t17-,18-/m1/s1. The lowest BCUT2D eigenvalue weighted by atomic mass is 10.0. The number of carbonyl (C=O) groups excluding carboxylic acids is 2. The molecule has 0 aliphatic carbocycles. The molecule has 1 saturated heterocycles. The van der Waals surface area contributed by atoms with E-state index >= 15 is 0 Å². The van der Waals surface area contributed by atoms with Crippen molar-refractivity contribution in [2.24, 2.45) is 0 Å². The molecule has 1 amide bonds. The normalized spacial score (nSPS) is 19.0. The Morgan fingerprint density at radius 3 is 2.52 bits per heavy atom. The van der Waals surface area contributed by atoms with Crippen molar-refractivity contribution in [3.05, 3.63) is 65.7 Å². The highest BCUT2D eigenvalue weighted by Gasteiger charge is 2.36. The van der Waals surface area contributed by atoms with Crippen molar-refractivity contribution in [3.8, 4) is 5.75 Å². The number of esters is 1. The first-order valence-electron chi connectivity index (χ1n) is 7.99. The van der Waals surface area contributed by atoms with E-state index in [1.54, 1.807) is 0 Å². The fourth-order valence-electron chi connectivity index (χ4n) is 2.59. The molecule has 2 aromatic carbocycles. The fourth-order valence-corrected chi connectivity index (χ4v) is 2.59. The Hall–Kier alpha value is -3.02. The SMILES string of the molecule is CC(=O)OC[C@H]1NC(=O)O[C@@H]1c1ccc(OCc2ccccc2)cc1. The van der Waals surface area contributed by atoms with Crippen LogP contribution in [0.2, 0.25) is 0 Å². The van der Waals surface area contributed by atoms with Crippen LogP contribution in [0, 0.1) is 0 Å². The van der Waals surface area contributed by atoms with E-state index in [4.69, 9.17) is 14.2 Å². The molecule has 1 fully saturated rings. The van der Waals surface area contributed by atoms with Gasteiger partial charge in [-0.15, -0.1) is 0 Å². The number of carbonyl (C=O) groups is 2. The van der Waals surface area contributed by atoms with Crippen molar-refractivity contribution >= 4 is 12.1 Å². The molecule has 0 unspecified atom stereocenters. The Balaban J connectivity index is 1.62. The highest BCUT2D eigenvalue weighted by Crippen LogP contribution is 2.28. The van der Waals surface area contributed by atoms with Gasteiger partial charge in [0.1, 0.15) is 25.0 Å². The van der Waals surface area contributed by atoms with Crippen molar-refractivity contribution in [3.63, 3.8) is 0 Å². The summed E-state index contributed by atoms with van der Waals surface area (Å²) in [6.45, 7) is 1.87. The van der Waals surface area contributed by atoms with Crippen LogP contribution >= 0.6 is 0 Å². The van der Waals surface area contributed by atoms with Crippen LogP contribution in [0.15, 0.2) is 54.6 Å². The minimum Gasteiger partial charge on any atom is -0.489 e. The van der Waals surface area contributed by atoms with E-state index in [1.165, 1.54) is 6.92 Å². The van der Waals surface area contributed by atoms with Gasteiger partial charge < -0.3 is 19.5 Å². The van der Waals surface area contributed by atoms with E-state index in [-0.39, 0.29) is 6.61 Å². The second-order valence-electron chi connectivity index (χ2n) is 5.72. The van der Waals surface area contributed by atoms with Crippen LogP contribution in [0.5, 0.6) is 5.75 Å². The number of cyclic esters (lactones) is 1. The number of alkyl carbamates (subject to hydrolysis) is 1. The van der Waals surface area contributed by atoms with E-state index in [9.17, 15) is 9.59 Å². The lowest BCUT2D eigenvalue weighted by Crippen LogP contribution is -2.33. The number of hydrogen-bond donors (Lipinski definition) is 1. The maximum Gasteiger partial charge on any atom is 0.408 e. The Bertz CT molecular complexity index is 729. The molecular weight excluding hydrogens is 322 g/mol. The molecular formula is C19H19NO5. The van der Waals surface area contributed by atoms with Crippen LogP contribution in [0.3, 0.4) is 0 Å². The molecule has 0 bridgehead atoms. The summed E-state index contributed by atoms with van der Waals surface area (Å²) < 4.78 is 16.0. The molecule has 6 nitrogen and oxygen atoms in total. The lowest BCUT2D eigenvalue weighted by Gasteiger charge is -2.17. The number of amides is 1. The maximum absolute atomic E-state index is 11.5. The van der Waals surface area contributed by atoms with E-state index in [1.807, 2.05) is 54.6 Å². The molecule has 3 rings (SSSR count).